The summed E-state index contributed by atoms with van der Waals surface area (Å²) >= 11 is 0. The standard InChI is InChI=1S/C15H16N2O3S/c1-11(18)13-4-6-14(7-5-13)17-10-12-2-8-15(9-3-12)21(16,19)20/h2-9,17H,10H2,1H3,(H2,16,19,20). The maximum atomic E-state index is 11.2. The molecule has 0 aliphatic carbocycles. The highest BCUT2D eigenvalue weighted by Crippen LogP contribution is 2.13. The van der Waals surface area contributed by atoms with Crippen molar-refractivity contribution in [1.29, 1.82) is 0 Å². The molecule has 2 rings (SSSR count). The van der Waals surface area contributed by atoms with Gasteiger partial charge in [0.15, 0.2) is 5.78 Å². The van der Waals surface area contributed by atoms with Gasteiger partial charge in [0.1, 0.15) is 0 Å². The molecule has 0 amide bonds. The number of anilines is 1. The summed E-state index contributed by atoms with van der Waals surface area (Å²) < 4.78 is 22.3. The second-order valence-electron chi connectivity index (χ2n) is 4.68. The molecule has 0 unspecified atom stereocenters. The minimum absolute atomic E-state index is 0.0279. The lowest BCUT2D eigenvalue weighted by atomic mass is 10.1. The van der Waals surface area contributed by atoms with Gasteiger partial charge in [0.2, 0.25) is 10.0 Å². The van der Waals surface area contributed by atoms with Crippen LogP contribution in [0.3, 0.4) is 0 Å². The first-order valence-electron chi connectivity index (χ1n) is 6.33. The number of benzene rings is 2. The predicted octanol–water partition coefficient (Wildman–Crippen LogP) is 2.15. The van der Waals surface area contributed by atoms with Crippen molar-refractivity contribution in [2.45, 2.75) is 18.4 Å². The van der Waals surface area contributed by atoms with Gasteiger partial charge in [-0.25, -0.2) is 13.6 Å². The average molecular weight is 304 g/mol. The number of sulfonamides is 1. The molecule has 0 saturated carbocycles. The fourth-order valence-corrected chi connectivity index (χ4v) is 2.34. The van der Waals surface area contributed by atoms with Crippen LogP contribution in [0.15, 0.2) is 53.4 Å². The molecule has 0 aromatic heterocycles. The topological polar surface area (TPSA) is 89.3 Å². The van der Waals surface area contributed by atoms with Crippen LogP contribution in [-0.2, 0) is 16.6 Å². The van der Waals surface area contributed by atoms with Crippen LogP contribution < -0.4 is 10.5 Å². The maximum absolute atomic E-state index is 11.2. The van der Waals surface area contributed by atoms with E-state index in [9.17, 15) is 13.2 Å². The molecule has 0 fully saturated rings. The van der Waals surface area contributed by atoms with Gasteiger partial charge in [0.05, 0.1) is 4.90 Å². The summed E-state index contributed by atoms with van der Waals surface area (Å²) in [5.74, 6) is 0.0279. The number of hydrogen-bond donors (Lipinski definition) is 2. The number of carbonyl (C=O) groups is 1. The zero-order valence-corrected chi connectivity index (χ0v) is 12.4. The van der Waals surface area contributed by atoms with E-state index in [0.29, 0.717) is 12.1 Å². The van der Waals surface area contributed by atoms with Crippen molar-refractivity contribution in [2.75, 3.05) is 5.32 Å². The van der Waals surface area contributed by atoms with E-state index in [0.717, 1.165) is 11.3 Å². The van der Waals surface area contributed by atoms with E-state index in [1.807, 2.05) is 12.1 Å². The molecule has 0 radical (unpaired) electrons. The van der Waals surface area contributed by atoms with E-state index in [-0.39, 0.29) is 10.7 Å². The Morgan fingerprint density at radius 1 is 1.05 bits per heavy atom. The molecule has 0 heterocycles. The van der Waals surface area contributed by atoms with Gasteiger partial charge in [0, 0.05) is 17.8 Å². The summed E-state index contributed by atoms with van der Waals surface area (Å²) in [6.45, 7) is 2.07. The highest BCUT2D eigenvalue weighted by Gasteiger charge is 2.06. The highest BCUT2D eigenvalue weighted by molar-refractivity contribution is 7.89. The Labute approximate surface area is 123 Å². The second kappa shape index (κ2) is 6.07. The molecule has 5 nitrogen and oxygen atoms in total. The summed E-state index contributed by atoms with van der Waals surface area (Å²) in [4.78, 5) is 11.3. The number of nitrogens with two attached hydrogens (primary N) is 1. The third kappa shape index (κ3) is 4.14. The number of Topliss-reactive ketones (excluding diaryl/α,β-unsaturated/α-hetero) is 1. The van der Waals surface area contributed by atoms with Crippen LogP contribution in [0, 0.1) is 0 Å². The van der Waals surface area contributed by atoms with Crippen molar-refractivity contribution >= 4 is 21.5 Å². The predicted molar refractivity (Wildman–Crippen MR) is 81.6 cm³/mol. The molecule has 21 heavy (non-hydrogen) atoms. The van der Waals surface area contributed by atoms with E-state index in [2.05, 4.69) is 5.32 Å². The van der Waals surface area contributed by atoms with Gasteiger partial charge in [-0.15, -0.1) is 0 Å². The van der Waals surface area contributed by atoms with Crippen molar-refractivity contribution in [1.82, 2.24) is 0 Å². The van der Waals surface area contributed by atoms with E-state index in [1.54, 1.807) is 24.3 Å². The first-order chi connectivity index (χ1) is 9.86. The Morgan fingerprint density at radius 3 is 2.10 bits per heavy atom. The zero-order chi connectivity index (χ0) is 15.5. The van der Waals surface area contributed by atoms with Gasteiger partial charge >= 0.3 is 0 Å². The number of ketones is 1. The largest absolute Gasteiger partial charge is 0.381 e. The zero-order valence-electron chi connectivity index (χ0n) is 11.5. The summed E-state index contributed by atoms with van der Waals surface area (Å²) in [7, 11) is -3.65. The minimum Gasteiger partial charge on any atom is -0.381 e. The summed E-state index contributed by atoms with van der Waals surface area (Å²) in [6, 6.07) is 13.5. The quantitative estimate of drug-likeness (QED) is 0.828. The monoisotopic (exact) mass is 304 g/mol. The molecule has 0 atom stereocenters. The molecule has 0 bridgehead atoms. The lowest BCUT2D eigenvalue weighted by molar-refractivity contribution is 0.101. The van der Waals surface area contributed by atoms with Crippen LogP contribution in [0.1, 0.15) is 22.8 Å². The third-order valence-electron chi connectivity index (χ3n) is 3.04. The molecule has 0 aliphatic rings. The molecule has 0 spiro atoms. The smallest absolute Gasteiger partial charge is 0.238 e. The normalized spacial score (nSPS) is 11.1. The van der Waals surface area contributed by atoms with Gasteiger partial charge in [-0.1, -0.05) is 12.1 Å². The van der Waals surface area contributed by atoms with Gasteiger partial charge < -0.3 is 5.32 Å². The molecule has 3 N–H and O–H groups in total. The van der Waals surface area contributed by atoms with Gasteiger partial charge in [-0.05, 0) is 48.9 Å². The summed E-state index contributed by atoms with van der Waals surface area (Å²) in [5.41, 5.74) is 2.48. The number of carbonyl (C=O) groups excluding carboxylic acids is 1. The van der Waals surface area contributed by atoms with Crippen LogP contribution >= 0.6 is 0 Å². The van der Waals surface area contributed by atoms with Crippen LogP contribution in [0.2, 0.25) is 0 Å². The number of primary sulfonamides is 1. The van der Waals surface area contributed by atoms with Crippen molar-refractivity contribution in [3.05, 3.63) is 59.7 Å². The number of rotatable bonds is 5. The molecule has 0 saturated heterocycles. The Morgan fingerprint density at radius 2 is 1.62 bits per heavy atom. The van der Waals surface area contributed by atoms with E-state index >= 15 is 0 Å². The fraction of sp³-hybridized carbons (Fsp3) is 0.133. The molecule has 2 aromatic rings. The maximum Gasteiger partial charge on any atom is 0.238 e. The number of nitrogens with one attached hydrogen (secondary N) is 1. The first kappa shape index (κ1) is 15.2. The van der Waals surface area contributed by atoms with E-state index in [4.69, 9.17) is 5.14 Å². The summed E-state index contributed by atoms with van der Waals surface area (Å²) in [6.07, 6.45) is 0. The van der Waals surface area contributed by atoms with Crippen LogP contribution in [0.25, 0.3) is 0 Å². The Kier molecular flexibility index (Phi) is 4.40. The van der Waals surface area contributed by atoms with Crippen LogP contribution in [0.5, 0.6) is 0 Å². The van der Waals surface area contributed by atoms with E-state index < -0.39 is 10.0 Å². The van der Waals surface area contributed by atoms with Gasteiger partial charge in [-0.2, -0.15) is 0 Å². The van der Waals surface area contributed by atoms with Gasteiger partial charge in [-0.3, -0.25) is 4.79 Å². The molecule has 110 valence electrons. The second-order valence-corrected chi connectivity index (χ2v) is 6.24. The Balaban J connectivity index is 2.01. The van der Waals surface area contributed by atoms with E-state index in [1.165, 1.54) is 19.1 Å². The van der Waals surface area contributed by atoms with Crippen molar-refractivity contribution in [2.24, 2.45) is 5.14 Å². The average Bonchev–Trinajstić information content (AvgIpc) is 2.45. The van der Waals surface area contributed by atoms with Crippen LogP contribution in [-0.4, -0.2) is 14.2 Å². The molecular weight excluding hydrogens is 288 g/mol. The third-order valence-corrected chi connectivity index (χ3v) is 3.97. The molecule has 0 aliphatic heterocycles. The Hall–Kier alpha value is -2.18. The van der Waals surface area contributed by atoms with Crippen molar-refractivity contribution in [3.8, 4) is 0 Å². The summed E-state index contributed by atoms with van der Waals surface area (Å²) in [5, 5.41) is 8.23. The highest BCUT2D eigenvalue weighted by atomic mass is 32.2. The number of hydrogen-bond acceptors (Lipinski definition) is 4. The van der Waals surface area contributed by atoms with Gasteiger partial charge in [0.25, 0.3) is 0 Å². The van der Waals surface area contributed by atoms with Crippen molar-refractivity contribution < 1.29 is 13.2 Å². The lowest BCUT2D eigenvalue weighted by Crippen LogP contribution is -2.12. The van der Waals surface area contributed by atoms with Crippen molar-refractivity contribution in [3.63, 3.8) is 0 Å². The minimum atomic E-state index is -3.65. The molecule has 6 heteroatoms. The molecular formula is C15H16N2O3S. The lowest BCUT2D eigenvalue weighted by Gasteiger charge is -2.07. The van der Waals surface area contributed by atoms with Crippen LogP contribution in [0.4, 0.5) is 5.69 Å². The first-order valence-corrected chi connectivity index (χ1v) is 7.87. The SMILES string of the molecule is CC(=O)c1ccc(NCc2ccc(S(N)(=O)=O)cc2)cc1. The molecule has 2 aromatic carbocycles. The fourth-order valence-electron chi connectivity index (χ4n) is 1.82. The Bertz CT molecular complexity index is 735.